The summed E-state index contributed by atoms with van der Waals surface area (Å²) in [7, 11) is 1.57. The van der Waals surface area contributed by atoms with Crippen LogP contribution in [-0.2, 0) is 4.79 Å². The van der Waals surface area contributed by atoms with E-state index in [0.29, 0.717) is 11.4 Å². The lowest BCUT2D eigenvalue weighted by Crippen LogP contribution is -2.20. The number of aryl methyl sites for hydroxylation is 1. The summed E-state index contributed by atoms with van der Waals surface area (Å²) < 4.78 is 20.9. The monoisotopic (exact) mass is 352 g/mol. The van der Waals surface area contributed by atoms with Crippen LogP contribution in [0, 0.1) is 12.7 Å². The van der Waals surface area contributed by atoms with Gasteiger partial charge in [-0.1, -0.05) is 18.2 Å². The zero-order chi connectivity index (χ0) is 18.5. The second-order valence-corrected chi connectivity index (χ2v) is 6.16. The molecule has 3 rings (SSSR count). The van der Waals surface area contributed by atoms with E-state index in [2.05, 4.69) is 5.32 Å². The van der Waals surface area contributed by atoms with Crippen LogP contribution in [0.2, 0.25) is 0 Å². The van der Waals surface area contributed by atoms with Crippen molar-refractivity contribution in [1.82, 2.24) is 4.57 Å². The molecule has 134 valence electrons. The lowest BCUT2D eigenvalue weighted by Gasteiger charge is -2.20. The number of anilines is 1. The molecule has 0 aliphatic heterocycles. The van der Waals surface area contributed by atoms with Crippen molar-refractivity contribution in [3.8, 4) is 5.75 Å². The predicted molar refractivity (Wildman–Crippen MR) is 99.9 cm³/mol. The van der Waals surface area contributed by atoms with Crippen molar-refractivity contribution in [3.63, 3.8) is 0 Å². The first-order chi connectivity index (χ1) is 12.6. The van der Waals surface area contributed by atoms with Gasteiger partial charge in [-0.2, -0.15) is 0 Å². The summed E-state index contributed by atoms with van der Waals surface area (Å²) in [6.07, 6.45) is 3.92. The topological polar surface area (TPSA) is 43.3 Å². The number of aromatic nitrogens is 1. The largest absolute Gasteiger partial charge is 0.495 e. The molecule has 1 N–H and O–H groups in total. The van der Waals surface area contributed by atoms with Crippen molar-refractivity contribution in [1.29, 1.82) is 0 Å². The molecular weight excluding hydrogens is 331 g/mol. The van der Waals surface area contributed by atoms with E-state index in [1.165, 1.54) is 12.1 Å². The fourth-order valence-electron chi connectivity index (χ4n) is 2.96. The molecule has 0 bridgehead atoms. The predicted octanol–water partition coefficient (Wildman–Crippen LogP) is 4.56. The minimum atomic E-state index is -0.319. The lowest BCUT2D eigenvalue weighted by molar-refractivity contribution is -0.116. The summed E-state index contributed by atoms with van der Waals surface area (Å²) in [6, 6.07) is 15.4. The van der Waals surface area contributed by atoms with E-state index in [9.17, 15) is 9.18 Å². The average Bonchev–Trinajstić information content (AvgIpc) is 3.14. The average molecular weight is 352 g/mol. The SMILES string of the molecule is COc1ccc(C)cc1NC(=O)CC(c1cccc(F)c1)n1cccc1. The molecule has 1 aromatic heterocycles. The van der Waals surface area contributed by atoms with E-state index < -0.39 is 0 Å². The zero-order valence-corrected chi connectivity index (χ0v) is 14.8. The molecule has 0 saturated carbocycles. The Balaban J connectivity index is 1.83. The number of carbonyl (C=O) groups excluding carboxylic acids is 1. The minimum absolute atomic E-state index is 0.170. The third kappa shape index (κ3) is 4.11. The Kier molecular flexibility index (Phi) is 5.37. The number of rotatable bonds is 6. The van der Waals surface area contributed by atoms with E-state index in [1.54, 1.807) is 13.2 Å². The van der Waals surface area contributed by atoms with Gasteiger partial charge in [-0.05, 0) is 54.4 Å². The maximum Gasteiger partial charge on any atom is 0.226 e. The summed E-state index contributed by atoms with van der Waals surface area (Å²) in [4.78, 5) is 12.7. The van der Waals surface area contributed by atoms with Crippen LogP contribution in [0.4, 0.5) is 10.1 Å². The number of halogens is 1. The van der Waals surface area contributed by atoms with Crippen LogP contribution in [0.25, 0.3) is 0 Å². The van der Waals surface area contributed by atoms with Crippen LogP contribution in [0.1, 0.15) is 23.6 Å². The summed E-state index contributed by atoms with van der Waals surface area (Å²) in [6.45, 7) is 1.95. The minimum Gasteiger partial charge on any atom is -0.495 e. The summed E-state index contributed by atoms with van der Waals surface area (Å²) in [5.74, 6) is 0.115. The quantitative estimate of drug-likeness (QED) is 0.707. The van der Waals surface area contributed by atoms with Gasteiger partial charge in [0.25, 0.3) is 0 Å². The number of hydrogen-bond donors (Lipinski definition) is 1. The molecule has 0 aliphatic carbocycles. The number of carbonyl (C=O) groups is 1. The van der Waals surface area contributed by atoms with Crippen LogP contribution >= 0.6 is 0 Å². The first-order valence-electron chi connectivity index (χ1n) is 8.39. The van der Waals surface area contributed by atoms with Crippen molar-refractivity contribution >= 4 is 11.6 Å². The first kappa shape index (κ1) is 17.7. The summed E-state index contributed by atoms with van der Waals surface area (Å²) in [5.41, 5.74) is 2.39. The molecule has 5 heteroatoms. The van der Waals surface area contributed by atoms with Gasteiger partial charge >= 0.3 is 0 Å². The van der Waals surface area contributed by atoms with Gasteiger partial charge in [0.1, 0.15) is 11.6 Å². The molecule has 0 spiro atoms. The Morgan fingerprint density at radius 1 is 1.15 bits per heavy atom. The van der Waals surface area contributed by atoms with E-state index in [-0.39, 0.29) is 24.2 Å². The number of hydrogen-bond acceptors (Lipinski definition) is 2. The number of benzene rings is 2. The molecule has 1 unspecified atom stereocenters. The van der Waals surface area contributed by atoms with Gasteiger partial charge in [0.2, 0.25) is 5.91 Å². The standard InChI is InChI=1S/C21H21FN2O2/c1-15-8-9-20(26-2)18(12-15)23-21(25)14-19(24-10-3-4-11-24)16-6-5-7-17(22)13-16/h3-13,19H,14H2,1-2H3,(H,23,25). The molecule has 3 aromatic rings. The highest BCUT2D eigenvalue weighted by atomic mass is 19.1. The molecule has 0 saturated heterocycles. The number of nitrogens with one attached hydrogen (secondary N) is 1. The van der Waals surface area contributed by atoms with E-state index in [1.807, 2.05) is 60.3 Å². The molecule has 1 heterocycles. The Morgan fingerprint density at radius 3 is 2.62 bits per heavy atom. The molecular formula is C21H21FN2O2. The highest BCUT2D eigenvalue weighted by molar-refractivity contribution is 5.92. The number of ether oxygens (including phenoxy) is 1. The number of nitrogens with zero attached hydrogens (tertiary/aromatic N) is 1. The Bertz CT molecular complexity index is 891. The summed E-state index contributed by atoms with van der Waals surface area (Å²) >= 11 is 0. The van der Waals surface area contributed by atoms with Crippen molar-refractivity contribution in [3.05, 3.63) is 83.9 Å². The van der Waals surface area contributed by atoms with Crippen molar-refractivity contribution in [2.45, 2.75) is 19.4 Å². The van der Waals surface area contributed by atoms with E-state index in [4.69, 9.17) is 4.74 Å². The van der Waals surface area contributed by atoms with Crippen LogP contribution in [-0.4, -0.2) is 17.6 Å². The molecule has 0 radical (unpaired) electrons. The highest BCUT2D eigenvalue weighted by Gasteiger charge is 2.19. The van der Waals surface area contributed by atoms with Gasteiger partial charge in [0, 0.05) is 12.4 Å². The second-order valence-electron chi connectivity index (χ2n) is 6.16. The third-order valence-corrected chi connectivity index (χ3v) is 4.23. The maximum atomic E-state index is 13.7. The maximum absolute atomic E-state index is 13.7. The Morgan fingerprint density at radius 2 is 1.92 bits per heavy atom. The van der Waals surface area contributed by atoms with Crippen molar-refractivity contribution < 1.29 is 13.9 Å². The lowest BCUT2D eigenvalue weighted by atomic mass is 10.0. The normalized spacial score (nSPS) is 11.8. The molecule has 2 aromatic carbocycles. The van der Waals surface area contributed by atoms with Gasteiger partial charge in [0.15, 0.2) is 0 Å². The van der Waals surface area contributed by atoms with Crippen LogP contribution in [0.5, 0.6) is 5.75 Å². The van der Waals surface area contributed by atoms with Crippen molar-refractivity contribution in [2.75, 3.05) is 12.4 Å². The fraction of sp³-hybridized carbons (Fsp3) is 0.190. The van der Waals surface area contributed by atoms with Crippen LogP contribution in [0.3, 0.4) is 0 Å². The van der Waals surface area contributed by atoms with Crippen LogP contribution < -0.4 is 10.1 Å². The molecule has 0 fully saturated rings. The smallest absolute Gasteiger partial charge is 0.226 e. The van der Waals surface area contributed by atoms with Gasteiger partial charge in [-0.15, -0.1) is 0 Å². The summed E-state index contributed by atoms with van der Waals surface area (Å²) in [5, 5.41) is 2.91. The van der Waals surface area contributed by atoms with Gasteiger partial charge in [-0.25, -0.2) is 4.39 Å². The Hall–Kier alpha value is -3.08. The van der Waals surface area contributed by atoms with E-state index in [0.717, 1.165) is 11.1 Å². The Labute approximate surface area is 152 Å². The molecule has 0 aliphatic rings. The molecule has 1 atom stereocenters. The fourth-order valence-corrected chi connectivity index (χ4v) is 2.96. The molecule has 26 heavy (non-hydrogen) atoms. The van der Waals surface area contributed by atoms with Gasteiger partial charge in [0.05, 0.1) is 25.3 Å². The second kappa shape index (κ2) is 7.87. The zero-order valence-electron chi connectivity index (χ0n) is 14.8. The first-order valence-corrected chi connectivity index (χ1v) is 8.39. The van der Waals surface area contributed by atoms with Gasteiger partial charge in [-0.3, -0.25) is 4.79 Å². The van der Waals surface area contributed by atoms with Crippen LogP contribution in [0.15, 0.2) is 67.0 Å². The molecule has 4 nitrogen and oxygen atoms in total. The van der Waals surface area contributed by atoms with E-state index >= 15 is 0 Å². The molecule has 1 amide bonds. The number of amides is 1. The highest BCUT2D eigenvalue weighted by Crippen LogP contribution is 2.27. The van der Waals surface area contributed by atoms with Gasteiger partial charge < -0.3 is 14.6 Å². The third-order valence-electron chi connectivity index (χ3n) is 4.23. The number of methoxy groups -OCH3 is 1. The van der Waals surface area contributed by atoms with Crippen molar-refractivity contribution in [2.24, 2.45) is 0 Å².